The van der Waals surface area contributed by atoms with Gasteiger partial charge in [-0.15, -0.1) is 0 Å². The number of amidine groups is 1. The molecule has 0 atom stereocenters. The highest BCUT2D eigenvalue weighted by Crippen LogP contribution is 2.36. The minimum atomic E-state index is -2.49. The maximum atomic E-state index is 12.9. The first kappa shape index (κ1) is 12.4. The zero-order valence-electron chi connectivity index (χ0n) is 9.26. The molecular formula is C10H19F2N3. The van der Waals surface area contributed by atoms with Crippen LogP contribution in [-0.4, -0.2) is 17.8 Å². The molecule has 15 heavy (non-hydrogen) atoms. The van der Waals surface area contributed by atoms with Crippen LogP contribution in [0.15, 0.2) is 4.99 Å². The third-order valence-electron chi connectivity index (χ3n) is 2.65. The molecule has 0 radical (unpaired) electrons. The first-order chi connectivity index (χ1) is 6.94. The van der Waals surface area contributed by atoms with E-state index in [4.69, 9.17) is 5.84 Å². The normalized spacial score (nSPS) is 23.2. The molecule has 3 N–H and O–H groups in total. The van der Waals surface area contributed by atoms with Gasteiger partial charge in [-0.25, -0.2) is 14.6 Å². The Morgan fingerprint density at radius 3 is 2.33 bits per heavy atom. The maximum absolute atomic E-state index is 12.9. The molecular weight excluding hydrogens is 200 g/mol. The van der Waals surface area contributed by atoms with Gasteiger partial charge in [-0.05, 0) is 26.7 Å². The van der Waals surface area contributed by atoms with Crippen LogP contribution in [0.1, 0.15) is 39.5 Å². The zero-order valence-corrected chi connectivity index (χ0v) is 9.26. The largest absolute Gasteiger partial charge is 0.312 e. The number of halogens is 2. The first-order valence-corrected chi connectivity index (χ1v) is 5.37. The van der Waals surface area contributed by atoms with Gasteiger partial charge in [-0.2, -0.15) is 0 Å². The molecule has 5 heteroatoms. The van der Waals surface area contributed by atoms with E-state index in [9.17, 15) is 8.78 Å². The zero-order chi connectivity index (χ0) is 11.5. The second kappa shape index (κ2) is 4.88. The molecule has 0 saturated heterocycles. The summed E-state index contributed by atoms with van der Waals surface area (Å²) in [6, 6.07) is 0.137. The number of aliphatic imine (C=N–C) groups is 1. The molecule has 88 valence electrons. The number of alkyl halides is 2. The highest BCUT2D eigenvalue weighted by Gasteiger charge is 2.36. The smallest absolute Gasteiger partial charge is 0.248 e. The molecule has 1 rings (SSSR count). The number of hydrogen-bond donors (Lipinski definition) is 2. The van der Waals surface area contributed by atoms with E-state index < -0.39 is 5.92 Å². The van der Waals surface area contributed by atoms with E-state index in [0.29, 0.717) is 18.7 Å². The van der Waals surface area contributed by atoms with Crippen LogP contribution >= 0.6 is 0 Å². The Bertz CT molecular complexity index is 229. The van der Waals surface area contributed by atoms with E-state index in [0.717, 1.165) is 0 Å². The monoisotopic (exact) mass is 219 g/mol. The Morgan fingerprint density at radius 1 is 1.40 bits per heavy atom. The van der Waals surface area contributed by atoms with Crippen LogP contribution in [0, 0.1) is 5.92 Å². The van der Waals surface area contributed by atoms with Crippen molar-refractivity contribution in [3.63, 3.8) is 0 Å². The lowest BCUT2D eigenvalue weighted by molar-refractivity contribution is -0.0396. The predicted octanol–water partition coefficient (Wildman–Crippen LogP) is 2.08. The Kier molecular flexibility index (Phi) is 4.02. The van der Waals surface area contributed by atoms with Crippen LogP contribution in [0.5, 0.6) is 0 Å². The van der Waals surface area contributed by atoms with Gasteiger partial charge >= 0.3 is 0 Å². The van der Waals surface area contributed by atoms with Gasteiger partial charge in [0.1, 0.15) is 5.84 Å². The summed E-state index contributed by atoms with van der Waals surface area (Å²) in [4.78, 5) is 4.30. The van der Waals surface area contributed by atoms with Gasteiger partial charge in [0.15, 0.2) is 0 Å². The topological polar surface area (TPSA) is 50.4 Å². The number of nitrogens with one attached hydrogen (secondary N) is 1. The van der Waals surface area contributed by atoms with E-state index >= 15 is 0 Å². The molecule has 0 amide bonds. The van der Waals surface area contributed by atoms with E-state index in [1.807, 2.05) is 13.8 Å². The van der Waals surface area contributed by atoms with Crippen molar-refractivity contribution in [2.24, 2.45) is 16.8 Å². The average Bonchev–Trinajstić information content (AvgIpc) is 2.14. The van der Waals surface area contributed by atoms with Gasteiger partial charge in [0.2, 0.25) is 5.92 Å². The van der Waals surface area contributed by atoms with E-state index in [2.05, 4.69) is 10.4 Å². The second-order valence-electron chi connectivity index (χ2n) is 4.38. The summed E-state index contributed by atoms with van der Waals surface area (Å²) in [5, 5.41) is 0. The van der Waals surface area contributed by atoms with Crippen LogP contribution in [0.3, 0.4) is 0 Å². The number of rotatable bonds is 2. The third kappa shape index (κ3) is 3.74. The summed E-state index contributed by atoms with van der Waals surface area (Å²) in [5.74, 6) is 3.59. The molecule has 0 aliphatic heterocycles. The number of hydrazine groups is 1. The first-order valence-electron chi connectivity index (χ1n) is 5.37. The molecule has 0 aromatic rings. The van der Waals surface area contributed by atoms with Crippen LogP contribution in [-0.2, 0) is 0 Å². The average molecular weight is 219 g/mol. The van der Waals surface area contributed by atoms with Gasteiger partial charge in [-0.1, -0.05) is 0 Å². The van der Waals surface area contributed by atoms with E-state index in [-0.39, 0.29) is 24.8 Å². The van der Waals surface area contributed by atoms with Crippen molar-refractivity contribution < 1.29 is 8.78 Å². The van der Waals surface area contributed by atoms with Gasteiger partial charge in [0.05, 0.1) is 0 Å². The Balaban J connectivity index is 2.58. The van der Waals surface area contributed by atoms with Crippen molar-refractivity contribution in [3.8, 4) is 0 Å². The summed E-state index contributed by atoms with van der Waals surface area (Å²) in [5.41, 5.74) is 2.54. The fourth-order valence-corrected chi connectivity index (χ4v) is 1.85. The Labute approximate surface area is 89.1 Å². The quantitative estimate of drug-likeness (QED) is 0.323. The number of nitrogens with zero attached hydrogens (tertiary/aromatic N) is 1. The third-order valence-corrected chi connectivity index (χ3v) is 2.65. The van der Waals surface area contributed by atoms with Crippen molar-refractivity contribution in [2.75, 3.05) is 0 Å². The van der Waals surface area contributed by atoms with Gasteiger partial charge in [-0.3, -0.25) is 4.99 Å². The fourth-order valence-electron chi connectivity index (χ4n) is 1.85. The molecule has 3 nitrogen and oxygen atoms in total. The number of nitrogens with two attached hydrogens (primary N) is 1. The molecule has 0 aromatic carbocycles. The van der Waals surface area contributed by atoms with E-state index in [1.165, 1.54) is 0 Å². The fraction of sp³-hybridized carbons (Fsp3) is 0.900. The molecule has 0 bridgehead atoms. The van der Waals surface area contributed by atoms with Gasteiger partial charge in [0, 0.05) is 24.8 Å². The molecule has 1 aliphatic rings. The summed E-state index contributed by atoms with van der Waals surface area (Å²) in [7, 11) is 0. The highest BCUT2D eigenvalue weighted by molar-refractivity contribution is 5.84. The summed E-state index contributed by atoms with van der Waals surface area (Å²) < 4.78 is 25.8. The number of hydrogen-bond acceptors (Lipinski definition) is 2. The molecule has 1 aliphatic carbocycles. The Hall–Kier alpha value is -0.710. The van der Waals surface area contributed by atoms with Crippen molar-refractivity contribution >= 4 is 5.84 Å². The molecule has 0 unspecified atom stereocenters. The predicted molar refractivity (Wildman–Crippen MR) is 56.8 cm³/mol. The van der Waals surface area contributed by atoms with Gasteiger partial charge < -0.3 is 5.43 Å². The highest BCUT2D eigenvalue weighted by atomic mass is 19.3. The van der Waals surface area contributed by atoms with Crippen molar-refractivity contribution in [2.45, 2.75) is 51.5 Å². The van der Waals surface area contributed by atoms with Crippen molar-refractivity contribution in [1.29, 1.82) is 0 Å². The molecule has 0 aromatic heterocycles. The summed E-state index contributed by atoms with van der Waals surface area (Å²) >= 11 is 0. The van der Waals surface area contributed by atoms with Gasteiger partial charge in [0.25, 0.3) is 0 Å². The maximum Gasteiger partial charge on any atom is 0.248 e. The molecule has 0 heterocycles. The standard InChI is InChI=1S/C10H19F2N3/c1-7(2)14-9(15-13)8-3-5-10(11,12)6-4-8/h7-8H,3-6,13H2,1-2H3,(H,14,15). The van der Waals surface area contributed by atoms with Crippen LogP contribution < -0.4 is 11.3 Å². The van der Waals surface area contributed by atoms with Crippen LogP contribution in [0.2, 0.25) is 0 Å². The van der Waals surface area contributed by atoms with Crippen LogP contribution in [0.25, 0.3) is 0 Å². The minimum absolute atomic E-state index is 0.0591. The van der Waals surface area contributed by atoms with Crippen LogP contribution in [0.4, 0.5) is 8.78 Å². The lowest BCUT2D eigenvalue weighted by Crippen LogP contribution is -2.40. The molecule has 0 spiro atoms. The summed E-state index contributed by atoms with van der Waals surface area (Å²) in [6.07, 6.45) is 0.804. The lowest BCUT2D eigenvalue weighted by atomic mass is 9.86. The van der Waals surface area contributed by atoms with Crippen molar-refractivity contribution in [1.82, 2.24) is 5.43 Å². The molecule has 1 fully saturated rings. The minimum Gasteiger partial charge on any atom is -0.312 e. The molecule has 1 saturated carbocycles. The lowest BCUT2D eigenvalue weighted by Gasteiger charge is -2.29. The SMILES string of the molecule is CC(C)N=C(NN)C1CCC(F)(F)CC1. The van der Waals surface area contributed by atoms with E-state index in [1.54, 1.807) is 0 Å². The Morgan fingerprint density at radius 2 is 1.93 bits per heavy atom. The summed E-state index contributed by atoms with van der Waals surface area (Å²) in [6.45, 7) is 3.88. The van der Waals surface area contributed by atoms with Crippen molar-refractivity contribution in [3.05, 3.63) is 0 Å². The second-order valence-corrected chi connectivity index (χ2v) is 4.38.